The number of rotatable bonds is 2. The second-order valence-corrected chi connectivity index (χ2v) is 4.68. The molecule has 1 heterocycles. The van der Waals surface area contributed by atoms with E-state index in [0.29, 0.717) is 5.76 Å². The van der Waals surface area contributed by atoms with Gasteiger partial charge in [0.2, 0.25) is 11.5 Å². The molecule has 0 bridgehead atoms. The van der Waals surface area contributed by atoms with Crippen molar-refractivity contribution in [3.63, 3.8) is 0 Å². The number of aryl methyl sites for hydroxylation is 2. The van der Waals surface area contributed by atoms with E-state index in [1.165, 1.54) is 12.1 Å². The molecular formula is C11H11ClN2O7. The first kappa shape index (κ1) is 17.0. The summed E-state index contributed by atoms with van der Waals surface area (Å²) < 4.78 is 41.1. The lowest BCUT2D eigenvalue weighted by molar-refractivity contribution is -2.00. The number of nitro groups is 1. The van der Waals surface area contributed by atoms with Gasteiger partial charge in [-0.3, -0.25) is 10.1 Å². The minimum atomic E-state index is -4.94. The van der Waals surface area contributed by atoms with E-state index in [1.54, 1.807) is 16.9 Å². The summed E-state index contributed by atoms with van der Waals surface area (Å²) in [7, 11) is -3.13. The van der Waals surface area contributed by atoms with Gasteiger partial charge in [-0.2, -0.15) is 0 Å². The van der Waals surface area contributed by atoms with E-state index in [9.17, 15) is 10.1 Å². The van der Waals surface area contributed by atoms with Crippen molar-refractivity contribution >= 4 is 5.69 Å². The molecule has 0 atom stereocenters. The van der Waals surface area contributed by atoms with Gasteiger partial charge in [-0.05, 0) is 16.9 Å². The Labute approximate surface area is 121 Å². The van der Waals surface area contributed by atoms with E-state index in [1.807, 2.05) is 20.0 Å². The highest BCUT2D eigenvalue weighted by Gasteiger charge is 2.13. The smallest absolute Gasteiger partial charge is 0.258 e. The minimum absolute atomic E-state index is 0.0800. The molecule has 2 rings (SSSR count). The second-order valence-electron chi connectivity index (χ2n) is 3.92. The maximum Gasteiger partial charge on any atom is 0.269 e. The third kappa shape index (κ3) is 5.85. The monoisotopic (exact) mass is 318 g/mol. The molecule has 2 aromatic rings. The molecule has 0 saturated carbocycles. The summed E-state index contributed by atoms with van der Waals surface area (Å²) >= 11 is 0. The number of nitro benzene ring substituents is 1. The lowest BCUT2D eigenvalue weighted by Crippen LogP contribution is -2.68. The first-order valence-corrected chi connectivity index (χ1v) is 6.65. The normalized spacial score (nSPS) is 10.8. The molecule has 10 heteroatoms. The Bertz CT molecular complexity index is 593. The van der Waals surface area contributed by atoms with Crippen LogP contribution < -0.4 is 23.4 Å². The summed E-state index contributed by atoms with van der Waals surface area (Å²) in [6.07, 6.45) is 0. The predicted octanol–water partition coefficient (Wildman–Crippen LogP) is -2.77. The molecule has 0 aliphatic heterocycles. The van der Waals surface area contributed by atoms with Crippen molar-refractivity contribution in [1.29, 1.82) is 0 Å². The summed E-state index contributed by atoms with van der Waals surface area (Å²) in [5.74, 6) is 0.704. The van der Waals surface area contributed by atoms with Crippen molar-refractivity contribution in [2.75, 3.05) is 0 Å². The van der Waals surface area contributed by atoms with Gasteiger partial charge in [0, 0.05) is 24.6 Å². The first-order valence-electron chi connectivity index (χ1n) is 5.41. The fourth-order valence-electron chi connectivity index (χ4n) is 1.41. The molecule has 0 radical (unpaired) electrons. The van der Waals surface area contributed by atoms with Crippen molar-refractivity contribution in [2.45, 2.75) is 6.92 Å². The van der Waals surface area contributed by atoms with Gasteiger partial charge in [0.1, 0.15) is 0 Å². The van der Waals surface area contributed by atoms with Crippen LogP contribution in [0.2, 0.25) is 0 Å². The Hall–Kier alpha value is -2.04. The maximum atomic E-state index is 10.5. The highest BCUT2D eigenvalue weighted by atomic mass is 35.7. The Balaban J connectivity index is 0.000000383. The highest BCUT2D eigenvalue weighted by Crippen LogP contribution is 2.22. The summed E-state index contributed by atoms with van der Waals surface area (Å²) in [5, 5.41) is 10.5. The van der Waals surface area contributed by atoms with Crippen LogP contribution >= 0.6 is 0 Å². The number of nitrogens with zero attached hydrogens (tertiary/aromatic N) is 2. The van der Waals surface area contributed by atoms with E-state index in [4.69, 9.17) is 23.2 Å². The number of aromatic nitrogens is 1. The molecule has 114 valence electrons. The molecule has 0 unspecified atom stereocenters. The largest absolute Gasteiger partial charge is 0.269 e. The molecule has 0 fully saturated rings. The Morgan fingerprint density at radius 2 is 1.62 bits per heavy atom. The number of hydrogen-bond donors (Lipinski definition) is 0. The number of non-ortho nitro benzene ring substituents is 1. The van der Waals surface area contributed by atoms with Gasteiger partial charge in [0.25, 0.3) is 5.69 Å². The molecule has 0 saturated heterocycles. The Morgan fingerprint density at radius 3 is 1.95 bits per heavy atom. The SMILES string of the molecule is Cc1cc(-c2ccc([N+](=O)[O-])cc2)o[n+]1C.[O-][Cl+3]([O-])([O-])[O-]. The van der Waals surface area contributed by atoms with Gasteiger partial charge in [-0.15, -0.1) is 10.2 Å². The summed E-state index contributed by atoms with van der Waals surface area (Å²) in [5.41, 5.74) is 1.90. The second kappa shape index (κ2) is 6.61. The quantitative estimate of drug-likeness (QED) is 0.330. The molecule has 9 nitrogen and oxygen atoms in total. The number of halogens is 1. The zero-order valence-corrected chi connectivity index (χ0v) is 11.8. The van der Waals surface area contributed by atoms with Crippen LogP contribution in [0.15, 0.2) is 34.9 Å². The zero-order valence-electron chi connectivity index (χ0n) is 11.0. The van der Waals surface area contributed by atoms with Crippen LogP contribution in [0.5, 0.6) is 0 Å². The first-order chi connectivity index (χ1) is 9.58. The van der Waals surface area contributed by atoms with Gasteiger partial charge in [-0.25, -0.2) is 23.2 Å². The van der Waals surface area contributed by atoms with Crippen LogP contribution in [-0.2, 0) is 7.05 Å². The predicted molar refractivity (Wildman–Crippen MR) is 56.7 cm³/mol. The average Bonchev–Trinajstić information content (AvgIpc) is 2.68. The van der Waals surface area contributed by atoms with Gasteiger partial charge >= 0.3 is 0 Å². The number of benzene rings is 1. The topological polar surface area (TPSA) is 152 Å². The molecule has 0 N–H and O–H groups in total. The Kier molecular flexibility index (Phi) is 5.35. The van der Waals surface area contributed by atoms with Crippen molar-refractivity contribution < 1.29 is 43.1 Å². The van der Waals surface area contributed by atoms with Crippen molar-refractivity contribution in [2.24, 2.45) is 7.05 Å². The molecular weight excluding hydrogens is 308 g/mol. The van der Waals surface area contributed by atoms with E-state index in [0.717, 1.165) is 11.3 Å². The van der Waals surface area contributed by atoms with Crippen LogP contribution in [0.25, 0.3) is 11.3 Å². The molecule has 21 heavy (non-hydrogen) atoms. The Morgan fingerprint density at radius 1 is 1.14 bits per heavy atom. The van der Waals surface area contributed by atoms with E-state index in [2.05, 4.69) is 0 Å². The molecule has 0 aliphatic carbocycles. The third-order valence-corrected chi connectivity index (χ3v) is 2.43. The van der Waals surface area contributed by atoms with Crippen LogP contribution in [0.4, 0.5) is 5.69 Å². The van der Waals surface area contributed by atoms with E-state index < -0.39 is 15.2 Å². The van der Waals surface area contributed by atoms with Gasteiger partial charge < -0.3 is 0 Å². The summed E-state index contributed by atoms with van der Waals surface area (Å²) in [6, 6.07) is 8.17. The maximum absolute atomic E-state index is 10.5. The molecule has 0 aliphatic rings. The van der Waals surface area contributed by atoms with Crippen molar-refractivity contribution in [3.8, 4) is 11.3 Å². The zero-order chi connectivity index (χ0) is 16.2. The third-order valence-electron chi connectivity index (χ3n) is 2.43. The van der Waals surface area contributed by atoms with Crippen molar-refractivity contribution in [3.05, 3.63) is 46.1 Å². The van der Waals surface area contributed by atoms with E-state index >= 15 is 0 Å². The van der Waals surface area contributed by atoms with Gasteiger partial charge in [-0.1, -0.05) is 0 Å². The van der Waals surface area contributed by atoms with Crippen molar-refractivity contribution in [1.82, 2.24) is 0 Å². The lowest BCUT2D eigenvalue weighted by Gasteiger charge is -2.17. The summed E-state index contributed by atoms with van der Waals surface area (Å²) in [4.78, 5) is 10.1. The van der Waals surface area contributed by atoms with Crippen LogP contribution in [0.3, 0.4) is 0 Å². The minimum Gasteiger partial charge on any atom is -0.258 e. The van der Waals surface area contributed by atoms with E-state index in [-0.39, 0.29) is 5.69 Å². The lowest BCUT2D eigenvalue weighted by atomic mass is 10.1. The van der Waals surface area contributed by atoms with Gasteiger partial charge in [0.15, 0.2) is 7.05 Å². The fourth-order valence-corrected chi connectivity index (χ4v) is 1.41. The van der Waals surface area contributed by atoms with Gasteiger partial charge in [0.05, 0.1) is 11.0 Å². The van der Waals surface area contributed by atoms with Crippen LogP contribution in [0, 0.1) is 27.3 Å². The number of hydrogen-bond acceptors (Lipinski definition) is 7. The molecule has 1 aromatic heterocycles. The highest BCUT2D eigenvalue weighted by molar-refractivity contribution is 5.58. The summed E-state index contributed by atoms with van der Waals surface area (Å²) in [6.45, 7) is 1.93. The van der Waals surface area contributed by atoms with Crippen LogP contribution in [0.1, 0.15) is 5.69 Å². The molecule has 1 aromatic carbocycles. The standard InChI is InChI=1S/C11H11N2O3.ClHO4/c1-8-7-11(16-12(8)2)9-3-5-10(6-4-9)13(14)15;2-1(3,4)5/h3-7H,1-2H3;(H,2,3,4,5)/q+1;/p-1. The van der Waals surface area contributed by atoms with Crippen LogP contribution in [-0.4, -0.2) is 4.92 Å². The fraction of sp³-hybridized carbons (Fsp3) is 0.182. The molecule has 0 amide bonds. The average molecular weight is 319 g/mol. The molecule has 0 spiro atoms.